The van der Waals surface area contributed by atoms with Gasteiger partial charge in [0.2, 0.25) is 5.91 Å². The highest BCUT2D eigenvalue weighted by Crippen LogP contribution is 2.22. The number of rotatable bonds is 8. The average molecular weight is 392 g/mol. The highest BCUT2D eigenvalue weighted by Gasteiger charge is 2.21. The molecule has 1 unspecified atom stereocenters. The van der Waals surface area contributed by atoms with Crippen LogP contribution in [0, 0.1) is 0 Å². The lowest BCUT2D eigenvalue weighted by Gasteiger charge is -2.16. The van der Waals surface area contributed by atoms with Gasteiger partial charge >= 0.3 is 0 Å². The SMILES string of the molecule is O=C(NCCCc1nc2ccccc2s1)C(Cc1ccccc1)n1cnnn1. The maximum Gasteiger partial charge on any atom is 0.245 e. The van der Waals surface area contributed by atoms with E-state index in [0.29, 0.717) is 13.0 Å². The lowest BCUT2D eigenvalue weighted by molar-refractivity contribution is -0.124. The molecular weight excluding hydrogens is 372 g/mol. The van der Waals surface area contributed by atoms with Crippen molar-refractivity contribution in [3.8, 4) is 0 Å². The van der Waals surface area contributed by atoms with Gasteiger partial charge in [0.25, 0.3) is 0 Å². The van der Waals surface area contributed by atoms with Crippen LogP contribution in [0.15, 0.2) is 60.9 Å². The molecular formula is C20H20N6OS. The average Bonchev–Trinajstić information content (AvgIpc) is 3.39. The van der Waals surface area contributed by atoms with Crippen LogP contribution in [0.5, 0.6) is 0 Å². The van der Waals surface area contributed by atoms with Crippen molar-refractivity contribution in [3.63, 3.8) is 0 Å². The third kappa shape index (κ3) is 4.40. The molecule has 0 fully saturated rings. The molecule has 142 valence electrons. The van der Waals surface area contributed by atoms with E-state index in [1.165, 1.54) is 15.7 Å². The number of aryl methyl sites for hydroxylation is 1. The van der Waals surface area contributed by atoms with E-state index in [4.69, 9.17) is 0 Å². The van der Waals surface area contributed by atoms with E-state index in [1.807, 2.05) is 48.5 Å². The van der Waals surface area contributed by atoms with Gasteiger partial charge in [0.1, 0.15) is 12.4 Å². The molecule has 1 amide bonds. The van der Waals surface area contributed by atoms with Crippen LogP contribution in [0.3, 0.4) is 0 Å². The summed E-state index contributed by atoms with van der Waals surface area (Å²) in [5.41, 5.74) is 2.10. The van der Waals surface area contributed by atoms with Gasteiger partial charge in [-0.05, 0) is 34.5 Å². The second-order valence-electron chi connectivity index (χ2n) is 6.47. The smallest absolute Gasteiger partial charge is 0.245 e. The number of hydrogen-bond donors (Lipinski definition) is 1. The first-order chi connectivity index (χ1) is 13.8. The largest absolute Gasteiger partial charge is 0.354 e. The third-order valence-corrected chi connectivity index (χ3v) is 5.56. The molecule has 1 atom stereocenters. The number of hydrogen-bond acceptors (Lipinski definition) is 6. The molecule has 7 nitrogen and oxygen atoms in total. The van der Waals surface area contributed by atoms with Gasteiger partial charge in [-0.15, -0.1) is 16.4 Å². The first kappa shape index (κ1) is 18.2. The van der Waals surface area contributed by atoms with E-state index in [-0.39, 0.29) is 5.91 Å². The number of amides is 1. The fourth-order valence-electron chi connectivity index (χ4n) is 3.05. The van der Waals surface area contributed by atoms with Crippen molar-refractivity contribution in [2.24, 2.45) is 0 Å². The Hall–Kier alpha value is -3.13. The molecule has 4 rings (SSSR count). The van der Waals surface area contributed by atoms with Gasteiger partial charge in [-0.2, -0.15) is 0 Å². The zero-order valence-electron chi connectivity index (χ0n) is 15.2. The topological polar surface area (TPSA) is 85.6 Å². The first-order valence-corrected chi connectivity index (χ1v) is 10.00. The number of nitrogens with one attached hydrogen (secondary N) is 1. The Balaban J connectivity index is 1.33. The minimum absolute atomic E-state index is 0.0829. The predicted molar refractivity (Wildman–Crippen MR) is 108 cm³/mol. The van der Waals surface area contributed by atoms with Gasteiger partial charge < -0.3 is 5.32 Å². The fraction of sp³-hybridized carbons (Fsp3) is 0.250. The molecule has 2 aromatic carbocycles. The Kier molecular flexibility index (Phi) is 5.67. The first-order valence-electron chi connectivity index (χ1n) is 9.18. The zero-order chi connectivity index (χ0) is 19.2. The summed E-state index contributed by atoms with van der Waals surface area (Å²) in [6.07, 6.45) is 3.69. The monoisotopic (exact) mass is 392 g/mol. The summed E-state index contributed by atoms with van der Waals surface area (Å²) in [6.45, 7) is 0.585. The van der Waals surface area contributed by atoms with Gasteiger partial charge in [0.15, 0.2) is 0 Å². The van der Waals surface area contributed by atoms with Crippen molar-refractivity contribution in [1.29, 1.82) is 0 Å². The maximum atomic E-state index is 12.8. The van der Waals surface area contributed by atoms with Crippen LogP contribution in [0.2, 0.25) is 0 Å². The molecule has 8 heteroatoms. The number of thiazole rings is 1. The normalized spacial score (nSPS) is 12.1. The molecule has 0 aliphatic carbocycles. The highest BCUT2D eigenvalue weighted by atomic mass is 32.1. The van der Waals surface area contributed by atoms with Crippen molar-refractivity contribution in [1.82, 2.24) is 30.5 Å². The molecule has 2 heterocycles. The molecule has 4 aromatic rings. The van der Waals surface area contributed by atoms with Crippen molar-refractivity contribution < 1.29 is 4.79 Å². The fourth-order valence-corrected chi connectivity index (χ4v) is 4.06. The lowest BCUT2D eigenvalue weighted by atomic mass is 10.1. The number of aromatic nitrogens is 5. The van der Waals surface area contributed by atoms with E-state index in [0.717, 1.165) is 28.9 Å². The molecule has 0 aliphatic rings. The van der Waals surface area contributed by atoms with E-state index in [9.17, 15) is 4.79 Å². The molecule has 0 spiro atoms. The van der Waals surface area contributed by atoms with Crippen LogP contribution in [-0.2, 0) is 17.6 Å². The number of benzene rings is 2. The van der Waals surface area contributed by atoms with Crippen molar-refractivity contribution in [2.45, 2.75) is 25.3 Å². The Morgan fingerprint density at radius 2 is 1.93 bits per heavy atom. The summed E-state index contributed by atoms with van der Waals surface area (Å²) in [7, 11) is 0. The Morgan fingerprint density at radius 3 is 2.71 bits per heavy atom. The van der Waals surface area contributed by atoms with Gasteiger partial charge in [0.05, 0.1) is 15.2 Å². The van der Waals surface area contributed by atoms with E-state index in [2.05, 4.69) is 31.9 Å². The summed E-state index contributed by atoms with van der Waals surface area (Å²) >= 11 is 1.71. The molecule has 0 radical (unpaired) electrons. The Labute approximate surface area is 166 Å². The molecule has 0 saturated heterocycles. The number of fused-ring (bicyclic) bond motifs is 1. The van der Waals surface area contributed by atoms with E-state index < -0.39 is 6.04 Å². The van der Waals surface area contributed by atoms with Crippen LogP contribution in [0.4, 0.5) is 0 Å². The van der Waals surface area contributed by atoms with Crippen molar-refractivity contribution in [2.75, 3.05) is 6.54 Å². The lowest BCUT2D eigenvalue weighted by Crippen LogP contribution is -2.35. The standard InChI is InChI=1S/C20H20N6OS/c27-20(17(26-14-22-24-25-26)13-15-7-2-1-3-8-15)21-12-6-11-19-23-16-9-4-5-10-18(16)28-19/h1-5,7-10,14,17H,6,11-13H2,(H,21,27). The minimum Gasteiger partial charge on any atom is -0.354 e. The zero-order valence-corrected chi connectivity index (χ0v) is 16.0. The molecule has 28 heavy (non-hydrogen) atoms. The van der Waals surface area contributed by atoms with E-state index >= 15 is 0 Å². The minimum atomic E-state index is -0.472. The number of carbonyl (C=O) groups is 1. The van der Waals surface area contributed by atoms with Gasteiger partial charge in [-0.1, -0.05) is 42.5 Å². The van der Waals surface area contributed by atoms with Crippen LogP contribution in [0.1, 0.15) is 23.0 Å². The van der Waals surface area contributed by atoms with Crippen LogP contribution in [0.25, 0.3) is 10.2 Å². The quantitative estimate of drug-likeness (QED) is 0.466. The molecule has 1 N–H and O–H groups in total. The summed E-state index contributed by atoms with van der Waals surface area (Å²) in [4.78, 5) is 17.4. The molecule has 0 saturated carbocycles. The Bertz CT molecular complexity index is 998. The second-order valence-corrected chi connectivity index (χ2v) is 7.58. The number of tetrazole rings is 1. The predicted octanol–water partition coefficient (Wildman–Crippen LogP) is 2.82. The number of carbonyl (C=O) groups excluding carboxylic acids is 1. The van der Waals surface area contributed by atoms with Crippen molar-refractivity contribution >= 4 is 27.5 Å². The van der Waals surface area contributed by atoms with Crippen LogP contribution in [-0.4, -0.2) is 37.6 Å². The van der Waals surface area contributed by atoms with Crippen LogP contribution < -0.4 is 5.32 Å². The van der Waals surface area contributed by atoms with Gasteiger partial charge in [0, 0.05) is 19.4 Å². The summed E-state index contributed by atoms with van der Waals surface area (Å²) < 4.78 is 2.71. The van der Waals surface area contributed by atoms with Gasteiger partial charge in [-0.25, -0.2) is 9.67 Å². The summed E-state index contributed by atoms with van der Waals surface area (Å²) in [5.74, 6) is -0.0829. The van der Waals surface area contributed by atoms with Gasteiger partial charge in [-0.3, -0.25) is 4.79 Å². The van der Waals surface area contributed by atoms with Crippen LogP contribution >= 0.6 is 11.3 Å². The number of nitrogens with zero attached hydrogens (tertiary/aromatic N) is 5. The molecule has 0 aliphatic heterocycles. The van der Waals surface area contributed by atoms with E-state index in [1.54, 1.807) is 11.3 Å². The summed E-state index contributed by atoms with van der Waals surface area (Å²) in [6, 6.07) is 17.5. The number of para-hydroxylation sites is 1. The van der Waals surface area contributed by atoms with Crippen molar-refractivity contribution in [3.05, 3.63) is 71.5 Å². The highest BCUT2D eigenvalue weighted by molar-refractivity contribution is 7.18. The third-order valence-electron chi connectivity index (χ3n) is 4.46. The second kappa shape index (κ2) is 8.71. The molecule has 0 bridgehead atoms. The summed E-state index contributed by atoms with van der Waals surface area (Å²) in [5, 5.41) is 15.4. The Morgan fingerprint density at radius 1 is 1.11 bits per heavy atom. The molecule has 2 aromatic heterocycles. The maximum absolute atomic E-state index is 12.8.